The SMILES string of the molecule is FC(F)(F)c1c2nc(c(-c3ccccc3)c3ccc(cc4nc(c(-c5ccccc5)c5ccc1[n-]5)C=C4)[n-]3)C=C2.[Cu+2]. The quantitative estimate of drug-likeness (QED) is 0.190. The van der Waals surface area contributed by atoms with Crippen LogP contribution in [0.1, 0.15) is 28.3 Å². The van der Waals surface area contributed by atoms with E-state index < -0.39 is 11.7 Å². The Morgan fingerprint density at radius 1 is 0.537 bits per heavy atom. The molecule has 7 rings (SSSR count). The average molecular weight is 592 g/mol. The minimum Gasteiger partial charge on any atom is -0.657 e. The molecule has 5 aromatic rings. The molecule has 0 saturated carbocycles. The van der Waals surface area contributed by atoms with Gasteiger partial charge in [0.1, 0.15) is 0 Å². The molecule has 0 N–H and O–H groups in total. The number of rotatable bonds is 2. The molecule has 0 saturated heterocycles. The summed E-state index contributed by atoms with van der Waals surface area (Å²) in [6.45, 7) is 0. The molecule has 0 aliphatic carbocycles. The third-order valence-corrected chi connectivity index (χ3v) is 6.84. The molecule has 4 nitrogen and oxygen atoms in total. The number of nitrogens with zero attached hydrogens (tertiary/aromatic N) is 4. The van der Waals surface area contributed by atoms with Gasteiger partial charge in [0.05, 0.1) is 28.3 Å². The summed E-state index contributed by atoms with van der Waals surface area (Å²) >= 11 is 0. The zero-order chi connectivity index (χ0) is 27.3. The van der Waals surface area contributed by atoms with Gasteiger partial charge >= 0.3 is 23.2 Å². The van der Waals surface area contributed by atoms with E-state index in [9.17, 15) is 13.2 Å². The van der Waals surface area contributed by atoms with Crippen LogP contribution in [0.3, 0.4) is 0 Å². The first-order chi connectivity index (χ1) is 19.4. The summed E-state index contributed by atoms with van der Waals surface area (Å²) in [6, 6.07) is 27.5. The predicted molar refractivity (Wildman–Crippen MR) is 153 cm³/mol. The first-order valence-corrected chi connectivity index (χ1v) is 12.6. The maximum absolute atomic E-state index is 14.6. The molecule has 2 aliphatic rings. The van der Waals surface area contributed by atoms with Crippen molar-refractivity contribution in [1.82, 2.24) is 19.9 Å². The van der Waals surface area contributed by atoms with Gasteiger partial charge in [0.2, 0.25) is 0 Å². The van der Waals surface area contributed by atoms with Crippen molar-refractivity contribution in [3.05, 3.63) is 119 Å². The molecule has 1 radical (unpaired) electrons. The maximum Gasteiger partial charge on any atom is 2.00 e. The van der Waals surface area contributed by atoms with Gasteiger partial charge in [0, 0.05) is 0 Å². The van der Waals surface area contributed by atoms with Crippen molar-refractivity contribution in [2.24, 2.45) is 0 Å². The molecular weight excluding hydrogens is 573 g/mol. The van der Waals surface area contributed by atoms with Crippen molar-refractivity contribution in [2.45, 2.75) is 6.18 Å². The first-order valence-electron chi connectivity index (χ1n) is 12.6. The molecule has 2 aliphatic heterocycles. The largest absolute Gasteiger partial charge is 2.00 e. The fourth-order valence-electron chi connectivity index (χ4n) is 5.11. The van der Waals surface area contributed by atoms with Gasteiger partial charge in [0.25, 0.3) is 0 Å². The van der Waals surface area contributed by atoms with Crippen LogP contribution < -0.4 is 9.97 Å². The number of fused-ring (bicyclic) bond motifs is 8. The molecule has 8 bridgehead atoms. The molecule has 41 heavy (non-hydrogen) atoms. The van der Waals surface area contributed by atoms with Gasteiger partial charge in [-0.25, -0.2) is 9.97 Å². The van der Waals surface area contributed by atoms with Crippen LogP contribution in [0, 0.1) is 0 Å². The molecule has 0 spiro atoms. The normalized spacial score (nSPS) is 12.4. The molecular formula is C33H19CuF3N4. The number of hydrogen-bond acceptors (Lipinski definition) is 2. The second-order valence-corrected chi connectivity index (χ2v) is 9.44. The second-order valence-electron chi connectivity index (χ2n) is 9.44. The molecule has 0 atom stereocenters. The third-order valence-electron chi connectivity index (χ3n) is 6.84. The Morgan fingerprint density at radius 2 is 1.07 bits per heavy atom. The summed E-state index contributed by atoms with van der Waals surface area (Å²) in [7, 11) is 0. The minimum atomic E-state index is -4.69. The molecule has 0 amide bonds. The van der Waals surface area contributed by atoms with Gasteiger partial charge < -0.3 is 9.97 Å². The summed E-state index contributed by atoms with van der Waals surface area (Å²) in [5.41, 5.74) is 5.01. The fraction of sp³-hybridized carbons (Fsp3) is 0.0303. The Balaban J connectivity index is 0.00000302. The third kappa shape index (κ3) is 4.92. The van der Waals surface area contributed by atoms with E-state index in [1.807, 2.05) is 91.0 Å². The summed E-state index contributed by atoms with van der Waals surface area (Å²) in [6.07, 6.45) is 2.04. The van der Waals surface area contributed by atoms with Gasteiger partial charge in [-0.1, -0.05) is 91.0 Å². The summed E-state index contributed by atoms with van der Waals surface area (Å²) in [5.74, 6) is 0. The van der Waals surface area contributed by atoms with Crippen LogP contribution >= 0.6 is 0 Å². The van der Waals surface area contributed by atoms with Crippen LogP contribution in [-0.4, -0.2) is 9.97 Å². The van der Waals surface area contributed by atoms with Gasteiger partial charge in [-0.3, -0.25) is 0 Å². The number of benzene rings is 2. The Hall–Kier alpha value is -4.65. The topological polar surface area (TPSA) is 54.0 Å². The second kappa shape index (κ2) is 10.4. The van der Waals surface area contributed by atoms with Crippen LogP contribution in [0.2, 0.25) is 0 Å². The van der Waals surface area contributed by atoms with E-state index in [0.717, 1.165) is 11.1 Å². The van der Waals surface area contributed by atoms with Crippen molar-refractivity contribution in [1.29, 1.82) is 0 Å². The van der Waals surface area contributed by atoms with Gasteiger partial charge in [-0.15, -0.1) is 22.1 Å². The summed E-state index contributed by atoms with van der Waals surface area (Å²) in [5, 5.41) is 0. The maximum atomic E-state index is 14.6. The molecule has 3 aromatic heterocycles. The van der Waals surface area contributed by atoms with Crippen molar-refractivity contribution in [3.63, 3.8) is 0 Å². The summed E-state index contributed by atoms with van der Waals surface area (Å²) in [4.78, 5) is 18.6. The molecule has 5 heterocycles. The predicted octanol–water partition coefficient (Wildman–Crippen LogP) is 8.26. The Bertz CT molecular complexity index is 1950. The fourth-order valence-corrected chi connectivity index (χ4v) is 5.11. The molecule has 8 heteroatoms. The van der Waals surface area contributed by atoms with E-state index in [-0.39, 0.29) is 28.3 Å². The van der Waals surface area contributed by atoms with Gasteiger partial charge in [-0.2, -0.15) is 13.2 Å². The average Bonchev–Trinajstić information content (AvgIpc) is 3.76. The van der Waals surface area contributed by atoms with E-state index in [0.29, 0.717) is 44.8 Å². The van der Waals surface area contributed by atoms with Gasteiger partial charge in [0.15, 0.2) is 0 Å². The number of alkyl halides is 3. The van der Waals surface area contributed by atoms with E-state index in [1.54, 1.807) is 12.1 Å². The Morgan fingerprint density at radius 3 is 1.73 bits per heavy atom. The van der Waals surface area contributed by atoms with Crippen molar-refractivity contribution < 1.29 is 30.2 Å². The molecule has 0 unspecified atom stereocenters. The molecule has 2 aromatic carbocycles. The van der Waals surface area contributed by atoms with Crippen LogP contribution in [0.4, 0.5) is 13.2 Å². The van der Waals surface area contributed by atoms with E-state index in [2.05, 4.69) is 9.97 Å². The number of hydrogen-bond donors (Lipinski definition) is 0. The monoisotopic (exact) mass is 591 g/mol. The standard InChI is InChI=1S/C33H19F3N4.Cu/c34-33(35,36)32-28-17-15-26(39-28)30(20-7-3-1-4-8-20)24-13-11-22(37-24)19-23-12-14-25(38-23)31(21-9-5-2-6-10-21)27-16-18-29(32)40-27;/h1-19H;/q-2;+2. The zero-order valence-electron chi connectivity index (χ0n) is 21.2. The van der Waals surface area contributed by atoms with E-state index in [1.165, 1.54) is 12.1 Å². The number of halogens is 3. The van der Waals surface area contributed by atoms with Crippen molar-refractivity contribution in [3.8, 4) is 22.3 Å². The van der Waals surface area contributed by atoms with Gasteiger partial charge in [-0.05, 0) is 46.6 Å². The zero-order valence-corrected chi connectivity index (χ0v) is 22.1. The van der Waals surface area contributed by atoms with Crippen molar-refractivity contribution in [2.75, 3.05) is 0 Å². The molecule has 0 fully saturated rings. The van der Waals surface area contributed by atoms with Crippen LogP contribution in [-0.2, 0) is 23.2 Å². The Kier molecular flexibility index (Phi) is 6.73. The van der Waals surface area contributed by atoms with Crippen LogP contribution in [0.5, 0.6) is 0 Å². The van der Waals surface area contributed by atoms with E-state index in [4.69, 9.17) is 9.97 Å². The summed E-state index contributed by atoms with van der Waals surface area (Å²) < 4.78 is 43.8. The van der Waals surface area contributed by atoms with Crippen LogP contribution in [0.15, 0.2) is 91.0 Å². The minimum absolute atomic E-state index is 0. The molecule has 203 valence electrons. The Labute approximate surface area is 243 Å². The first kappa shape index (κ1) is 26.6. The van der Waals surface area contributed by atoms with E-state index >= 15 is 0 Å². The smallest absolute Gasteiger partial charge is 0.657 e. The van der Waals surface area contributed by atoms with Crippen LogP contribution in [0.25, 0.3) is 68.6 Å². The van der Waals surface area contributed by atoms with Crippen molar-refractivity contribution >= 4 is 46.4 Å². The number of aromatic nitrogens is 4.